The lowest BCUT2D eigenvalue weighted by Gasteiger charge is -2.34. The van der Waals surface area contributed by atoms with Crippen LogP contribution in [0.5, 0.6) is 5.75 Å². The van der Waals surface area contributed by atoms with Gasteiger partial charge in [-0.1, -0.05) is 24.4 Å². The van der Waals surface area contributed by atoms with Gasteiger partial charge in [0.1, 0.15) is 11.8 Å². The van der Waals surface area contributed by atoms with Gasteiger partial charge in [0.15, 0.2) is 0 Å². The van der Waals surface area contributed by atoms with Gasteiger partial charge in [0, 0.05) is 34.8 Å². The lowest BCUT2D eigenvalue weighted by molar-refractivity contribution is -0.138. The van der Waals surface area contributed by atoms with E-state index >= 15 is 0 Å². The quantitative estimate of drug-likeness (QED) is 0.304. The maximum Gasteiger partial charge on any atom is 0.248 e. The van der Waals surface area contributed by atoms with E-state index in [0.717, 1.165) is 31.4 Å². The summed E-state index contributed by atoms with van der Waals surface area (Å²) >= 11 is 7.68. The maximum absolute atomic E-state index is 14.1. The van der Waals surface area contributed by atoms with Gasteiger partial charge in [-0.15, -0.1) is 11.8 Å². The molecule has 0 saturated carbocycles. The Balaban J connectivity index is 1.38. The third kappa shape index (κ3) is 5.56. The Bertz CT molecular complexity index is 1230. The molecule has 40 heavy (non-hydrogen) atoms. The van der Waals surface area contributed by atoms with Crippen molar-refractivity contribution < 1.29 is 24.2 Å². The van der Waals surface area contributed by atoms with Gasteiger partial charge in [-0.25, -0.2) is 0 Å². The third-order valence-electron chi connectivity index (χ3n) is 8.20. The number of halogens is 1. The second-order valence-corrected chi connectivity index (χ2v) is 12.7. The number of carbonyl (C=O) groups excluding carboxylic acids is 3. The van der Waals surface area contributed by atoms with Crippen LogP contribution in [-0.4, -0.2) is 63.5 Å². The fourth-order valence-electron chi connectivity index (χ4n) is 6.51. The first-order valence-corrected chi connectivity index (χ1v) is 15.3. The molecule has 2 aromatic carbocycles. The van der Waals surface area contributed by atoms with E-state index in [-0.39, 0.29) is 29.6 Å². The highest BCUT2D eigenvalue weighted by Gasteiger charge is 2.73. The highest BCUT2D eigenvalue weighted by atomic mass is 35.5. The first-order valence-electron chi connectivity index (χ1n) is 14.1. The number of benzene rings is 2. The van der Waals surface area contributed by atoms with Gasteiger partial charge >= 0.3 is 0 Å². The Morgan fingerprint density at radius 1 is 1.02 bits per heavy atom. The monoisotopic (exact) mass is 585 g/mol. The van der Waals surface area contributed by atoms with Crippen molar-refractivity contribution in [1.29, 1.82) is 0 Å². The number of hydrogen-bond donors (Lipinski definition) is 3. The molecule has 3 heterocycles. The molecule has 3 amide bonds. The van der Waals surface area contributed by atoms with Crippen molar-refractivity contribution in [3.63, 3.8) is 0 Å². The first kappa shape index (κ1) is 28.8. The molecule has 8 nitrogen and oxygen atoms in total. The summed E-state index contributed by atoms with van der Waals surface area (Å²) in [6.45, 7) is 3.06. The van der Waals surface area contributed by atoms with E-state index in [1.807, 2.05) is 19.1 Å². The standard InChI is InChI=1S/C30H36ClN3O5S/c1-2-39-22-13-11-21(12-14-22)32-27(36)24-23-15-16-30(40-23)25(24)29(38)34(17-5-3-4-6-18-35)26(30)28(37)33-20-9-7-19(31)8-10-20/h7-14,23-26,35H,2-6,15-18H2,1H3,(H,32,36)(H,33,37)/t23-,24+,25+,26?,30?/m1/s1. The van der Waals surface area contributed by atoms with Crippen LogP contribution in [0.1, 0.15) is 45.4 Å². The van der Waals surface area contributed by atoms with E-state index in [1.54, 1.807) is 53.1 Å². The van der Waals surface area contributed by atoms with Gasteiger partial charge in [-0.2, -0.15) is 0 Å². The molecule has 5 rings (SSSR count). The lowest BCUT2D eigenvalue weighted by Crippen LogP contribution is -2.51. The summed E-state index contributed by atoms with van der Waals surface area (Å²) in [5.74, 6) is -0.858. The molecule has 2 aromatic rings. The Morgan fingerprint density at radius 2 is 1.68 bits per heavy atom. The number of ether oxygens (including phenoxy) is 1. The molecule has 0 aliphatic carbocycles. The number of anilines is 2. The van der Waals surface area contributed by atoms with Crippen LogP contribution >= 0.6 is 23.4 Å². The van der Waals surface area contributed by atoms with E-state index in [2.05, 4.69) is 10.6 Å². The van der Waals surface area contributed by atoms with E-state index < -0.39 is 22.6 Å². The van der Waals surface area contributed by atoms with Crippen molar-refractivity contribution in [3.8, 4) is 5.75 Å². The summed E-state index contributed by atoms with van der Waals surface area (Å²) in [7, 11) is 0. The van der Waals surface area contributed by atoms with Crippen molar-refractivity contribution in [2.24, 2.45) is 11.8 Å². The zero-order chi connectivity index (χ0) is 28.3. The van der Waals surface area contributed by atoms with Crippen LogP contribution in [0.4, 0.5) is 11.4 Å². The molecule has 0 radical (unpaired) electrons. The second kappa shape index (κ2) is 12.4. The van der Waals surface area contributed by atoms with Crippen LogP contribution in [0, 0.1) is 11.8 Å². The summed E-state index contributed by atoms with van der Waals surface area (Å²) in [6, 6.07) is 13.5. The van der Waals surface area contributed by atoms with Crippen molar-refractivity contribution in [2.45, 2.75) is 61.5 Å². The number of amides is 3. The number of nitrogens with one attached hydrogen (secondary N) is 2. The number of hydrogen-bond acceptors (Lipinski definition) is 6. The van der Waals surface area contributed by atoms with Gasteiger partial charge in [-0.05, 0) is 81.1 Å². The fourth-order valence-corrected chi connectivity index (χ4v) is 8.86. The van der Waals surface area contributed by atoms with Crippen molar-refractivity contribution >= 4 is 52.5 Å². The minimum atomic E-state index is -0.670. The number of unbranched alkanes of at least 4 members (excludes halogenated alkanes) is 3. The predicted octanol–water partition coefficient (Wildman–Crippen LogP) is 4.96. The highest BCUT2D eigenvalue weighted by Crippen LogP contribution is 2.66. The van der Waals surface area contributed by atoms with E-state index in [4.69, 9.17) is 21.4 Å². The molecule has 3 N–H and O–H groups in total. The van der Waals surface area contributed by atoms with Crippen molar-refractivity contribution in [2.75, 3.05) is 30.4 Å². The molecule has 3 fully saturated rings. The molecular formula is C30H36ClN3O5S. The molecule has 3 saturated heterocycles. The van der Waals surface area contributed by atoms with Crippen LogP contribution < -0.4 is 15.4 Å². The molecule has 214 valence electrons. The van der Waals surface area contributed by atoms with Crippen LogP contribution in [0.3, 0.4) is 0 Å². The van der Waals surface area contributed by atoms with Crippen molar-refractivity contribution in [1.82, 2.24) is 4.90 Å². The Morgan fingerprint density at radius 3 is 2.35 bits per heavy atom. The summed E-state index contributed by atoms with van der Waals surface area (Å²) in [6.07, 6.45) is 4.66. The summed E-state index contributed by atoms with van der Waals surface area (Å²) in [5.41, 5.74) is 1.27. The zero-order valence-electron chi connectivity index (χ0n) is 22.6. The van der Waals surface area contributed by atoms with E-state index in [9.17, 15) is 14.4 Å². The third-order valence-corrected chi connectivity index (χ3v) is 10.4. The maximum atomic E-state index is 14.1. The summed E-state index contributed by atoms with van der Waals surface area (Å²) < 4.78 is 4.85. The smallest absolute Gasteiger partial charge is 0.248 e. The summed E-state index contributed by atoms with van der Waals surface area (Å²) in [5, 5.41) is 15.7. The second-order valence-electron chi connectivity index (χ2n) is 10.7. The lowest BCUT2D eigenvalue weighted by atomic mass is 9.70. The van der Waals surface area contributed by atoms with Gasteiger partial charge in [0.25, 0.3) is 0 Å². The van der Waals surface area contributed by atoms with Crippen LogP contribution in [0.2, 0.25) is 5.02 Å². The Labute approximate surface area is 244 Å². The molecular weight excluding hydrogens is 550 g/mol. The number of fused-ring (bicyclic) bond motifs is 1. The number of carbonyl (C=O) groups is 3. The van der Waals surface area contributed by atoms with Crippen LogP contribution in [-0.2, 0) is 14.4 Å². The topological polar surface area (TPSA) is 108 Å². The minimum Gasteiger partial charge on any atom is -0.494 e. The average molecular weight is 586 g/mol. The van der Waals surface area contributed by atoms with Gasteiger partial charge < -0.3 is 25.4 Å². The average Bonchev–Trinajstić information content (AvgIpc) is 3.58. The number of likely N-dealkylation sites (tertiary alicyclic amines) is 1. The Kier molecular flexibility index (Phi) is 8.92. The number of thioether (sulfide) groups is 1. The number of nitrogens with zero attached hydrogens (tertiary/aromatic N) is 1. The zero-order valence-corrected chi connectivity index (χ0v) is 24.2. The first-order chi connectivity index (χ1) is 19.4. The summed E-state index contributed by atoms with van der Waals surface area (Å²) in [4.78, 5) is 43.3. The van der Waals surface area contributed by atoms with Gasteiger partial charge in [0.2, 0.25) is 17.7 Å². The highest BCUT2D eigenvalue weighted by molar-refractivity contribution is 8.02. The molecule has 2 unspecified atom stereocenters. The molecule has 3 aliphatic heterocycles. The molecule has 2 bridgehead atoms. The molecule has 0 aromatic heterocycles. The molecule has 5 atom stereocenters. The molecule has 10 heteroatoms. The molecule has 3 aliphatic rings. The number of aliphatic hydroxyl groups excluding tert-OH is 1. The largest absolute Gasteiger partial charge is 0.494 e. The number of rotatable bonds is 12. The number of aliphatic hydroxyl groups is 1. The van der Waals surface area contributed by atoms with E-state index in [1.165, 1.54) is 0 Å². The minimum absolute atomic E-state index is 0.0193. The van der Waals surface area contributed by atoms with Crippen LogP contribution in [0.25, 0.3) is 0 Å². The van der Waals surface area contributed by atoms with Crippen molar-refractivity contribution in [3.05, 3.63) is 53.6 Å². The van der Waals surface area contributed by atoms with E-state index in [0.29, 0.717) is 42.4 Å². The fraction of sp³-hybridized carbons (Fsp3) is 0.500. The van der Waals surface area contributed by atoms with Crippen LogP contribution in [0.15, 0.2) is 48.5 Å². The SMILES string of the molecule is CCOc1ccc(NC(=O)[C@@H]2[C@H]3C(=O)N(CCCCCCO)C(C(=O)Nc4ccc(Cl)cc4)C34CC[C@H]2S4)cc1. The van der Waals surface area contributed by atoms with Gasteiger partial charge in [-0.3, -0.25) is 14.4 Å². The molecule has 1 spiro atoms. The normalized spacial score (nSPS) is 26.6. The van der Waals surface area contributed by atoms with Gasteiger partial charge in [0.05, 0.1) is 23.2 Å². The Hall–Kier alpha value is -2.75. The predicted molar refractivity (Wildman–Crippen MR) is 158 cm³/mol.